The number of aromatic nitrogens is 2. The second kappa shape index (κ2) is 5.00. The van der Waals surface area contributed by atoms with Gasteiger partial charge in [0.2, 0.25) is 0 Å². The first-order valence-electron chi connectivity index (χ1n) is 6.04. The summed E-state index contributed by atoms with van der Waals surface area (Å²) in [7, 11) is 1.85. The van der Waals surface area contributed by atoms with Gasteiger partial charge in [-0.2, -0.15) is 5.10 Å². The van der Waals surface area contributed by atoms with Gasteiger partial charge in [0, 0.05) is 24.1 Å². The fraction of sp³-hybridized carbons (Fsp3) is 0.231. The molecule has 3 rings (SSSR count). The van der Waals surface area contributed by atoms with Crippen LogP contribution in [0.4, 0.5) is 0 Å². The van der Waals surface area contributed by atoms with Gasteiger partial charge >= 0.3 is 0 Å². The van der Waals surface area contributed by atoms with Crippen molar-refractivity contribution in [3.63, 3.8) is 0 Å². The van der Waals surface area contributed by atoms with Crippen LogP contribution in [0.1, 0.15) is 23.9 Å². The number of hydrazone groups is 1. The number of imidazole rings is 1. The molecule has 0 amide bonds. The van der Waals surface area contributed by atoms with Crippen molar-refractivity contribution < 1.29 is 5.11 Å². The van der Waals surface area contributed by atoms with E-state index in [2.05, 4.69) is 15.5 Å². The van der Waals surface area contributed by atoms with Crippen molar-refractivity contribution in [3.05, 3.63) is 46.0 Å². The van der Waals surface area contributed by atoms with Crippen molar-refractivity contribution >= 4 is 28.9 Å². The summed E-state index contributed by atoms with van der Waals surface area (Å²) in [6.45, 7) is 0. The quantitative estimate of drug-likeness (QED) is 0.896. The third-order valence-electron chi connectivity index (χ3n) is 3.30. The average Bonchev–Trinajstić information content (AvgIpc) is 3.01. The lowest BCUT2D eigenvalue weighted by Crippen LogP contribution is -2.15. The van der Waals surface area contributed by atoms with Gasteiger partial charge in [0.25, 0.3) is 0 Å². The predicted octanol–water partition coefficient (Wildman–Crippen LogP) is 2.87. The van der Waals surface area contributed by atoms with Gasteiger partial charge in [-0.15, -0.1) is 0 Å². The van der Waals surface area contributed by atoms with Gasteiger partial charge in [-0.25, -0.2) is 4.98 Å². The molecule has 0 saturated heterocycles. The molecule has 5 nitrogen and oxygen atoms in total. The number of aromatic hydroxyl groups is 1. The maximum Gasteiger partial charge on any atom is 0.134 e. The van der Waals surface area contributed by atoms with Crippen molar-refractivity contribution in [2.75, 3.05) is 0 Å². The second-order valence-corrected chi connectivity index (χ2v) is 5.43. The highest BCUT2D eigenvalue weighted by atomic mass is 35.5. The van der Waals surface area contributed by atoms with Gasteiger partial charge in [0.05, 0.1) is 11.9 Å². The average molecular weight is 311 g/mol. The van der Waals surface area contributed by atoms with E-state index >= 15 is 0 Å². The van der Waals surface area contributed by atoms with Gasteiger partial charge in [-0.1, -0.05) is 23.2 Å². The van der Waals surface area contributed by atoms with Crippen LogP contribution in [0.2, 0.25) is 10.2 Å². The molecular formula is C13H12Cl2N4O. The summed E-state index contributed by atoms with van der Waals surface area (Å²) >= 11 is 11.9. The zero-order valence-corrected chi connectivity index (χ0v) is 12.2. The Kier molecular flexibility index (Phi) is 3.31. The predicted molar refractivity (Wildman–Crippen MR) is 78.4 cm³/mol. The number of hydrogen-bond acceptors (Lipinski definition) is 4. The van der Waals surface area contributed by atoms with Crippen molar-refractivity contribution in [2.24, 2.45) is 12.1 Å². The highest BCUT2D eigenvalue weighted by Crippen LogP contribution is 2.29. The minimum absolute atomic E-state index is 0.0686. The highest BCUT2D eigenvalue weighted by Gasteiger charge is 2.26. The normalized spacial score (nSPS) is 17.9. The van der Waals surface area contributed by atoms with E-state index in [1.807, 2.05) is 7.05 Å². The molecule has 1 aromatic heterocycles. The number of benzene rings is 1. The molecule has 0 aliphatic carbocycles. The lowest BCUT2D eigenvalue weighted by atomic mass is 10.0. The van der Waals surface area contributed by atoms with Crippen LogP contribution in [-0.4, -0.2) is 20.4 Å². The molecule has 1 aliphatic rings. The van der Waals surface area contributed by atoms with E-state index in [-0.39, 0.29) is 11.8 Å². The van der Waals surface area contributed by atoms with E-state index in [9.17, 15) is 5.11 Å². The van der Waals surface area contributed by atoms with Crippen LogP contribution < -0.4 is 5.43 Å². The summed E-state index contributed by atoms with van der Waals surface area (Å²) in [6, 6.07) is 4.83. The molecule has 2 N–H and O–H groups in total. The molecule has 0 unspecified atom stereocenters. The number of hydrogen-bond donors (Lipinski definition) is 2. The third kappa shape index (κ3) is 2.23. The summed E-state index contributed by atoms with van der Waals surface area (Å²) in [5.41, 5.74) is 4.39. The van der Waals surface area contributed by atoms with E-state index in [0.29, 0.717) is 22.2 Å². The molecule has 104 valence electrons. The van der Waals surface area contributed by atoms with Gasteiger partial charge in [-0.3, -0.25) is 5.43 Å². The Morgan fingerprint density at radius 2 is 2.20 bits per heavy atom. The largest absolute Gasteiger partial charge is 0.507 e. The summed E-state index contributed by atoms with van der Waals surface area (Å²) < 4.78 is 1.80. The minimum atomic E-state index is -0.0686. The maximum atomic E-state index is 9.90. The van der Waals surface area contributed by atoms with Gasteiger partial charge in [0.1, 0.15) is 22.8 Å². The Hall–Kier alpha value is -1.72. The smallest absolute Gasteiger partial charge is 0.134 e. The van der Waals surface area contributed by atoms with Gasteiger partial charge < -0.3 is 9.67 Å². The van der Waals surface area contributed by atoms with E-state index in [1.54, 1.807) is 29.0 Å². The number of phenolic OH excluding ortho intramolecular Hbond substituents is 1. The van der Waals surface area contributed by atoms with Crippen LogP contribution >= 0.6 is 23.2 Å². The Morgan fingerprint density at radius 3 is 2.90 bits per heavy atom. The molecule has 2 aromatic rings. The molecule has 0 saturated carbocycles. The zero-order chi connectivity index (χ0) is 14.3. The molecule has 1 aromatic carbocycles. The van der Waals surface area contributed by atoms with Crippen LogP contribution in [-0.2, 0) is 7.05 Å². The van der Waals surface area contributed by atoms with Crippen LogP contribution in [0.5, 0.6) is 5.75 Å². The number of halogens is 2. The molecule has 20 heavy (non-hydrogen) atoms. The summed E-state index contributed by atoms with van der Waals surface area (Å²) in [6.07, 6.45) is 2.21. The van der Waals surface area contributed by atoms with Crippen LogP contribution in [0.3, 0.4) is 0 Å². The third-order valence-corrected chi connectivity index (χ3v) is 3.89. The zero-order valence-electron chi connectivity index (χ0n) is 10.6. The van der Waals surface area contributed by atoms with Crippen LogP contribution in [0.25, 0.3) is 0 Å². The monoisotopic (exact) mass is 310 g/mol. The van der Waals surface area contributed by atoms with E-state index < -0.39 is 0 Å². The van der Waals surface area contributed by atoms with E-state index in [0.717, 1.165) is 11.5 Å². The minimum Gasteiger partial charge on any atom is -0.507 e. The summed E-state index contributed by atoms with van der Waals surface area (Å²) in [5.74, 6) is 0.962. The first-order chi connectivity index (χ1) is 9.56. The fourth-order valence-corrected chi connectivity index (χ4v) is 2.53. The number of nitrogens with zero attached hydrogens (tertiary/aromatic N) is 3. The number of nitrogens with one attached hydrogen (secondary N) is 1. The lowest BCUT2D eigenvalue weighted by molar-refractivity contribution is 0.474. The van der Waals surface area contributed by atoms with Crippen molar-refractivity contribution in [2.45, 2.75) is 12.5 Å². The SMILES string of the molecule is Cn1c(Cl)cnc1[C@@H]1CC(c2cc(Cl)ccc2O)=NN1. The molecule has 0 bridgehead atoms. The van der Waals surface area contributed by atoms with E-state index in [1.165, 1.54) is 0 Å². The highest BCUT2D eigenvalue weighted by molar-refractivity contribution is 6.31. The molecule has 2 heterocycles. The first kappa shape index (κ1) is 13.3. The van der Waals surface area contributed by atoms with Gasteiger partial charge in [0.15, 0.2) is 0 Å². The molecular weight excluding hydrogens is 299 g/mol. The lowest BCUT2D eigenvalue weighted by Gasteiger charge is -2.10. The van der Waals surface area contributed by atoms with Crippen LogP contribution in [0.15, 0.2) is 29.5 Å². The van der Waals surface area contributed by atoms with Crippen molar-refractivity contribution in [1.82, 2.24) is 15.0 Å². The van der Waals surface area contributed by atoms with Crippen molar-refractivity contribution in [3.8, 4) is 5.75 Å². The first-order valence-corrected chi connectivity index (χ1v) is 6.80. The molecule has 7 heteroatoms. The Balaban J connectivity index is 1.86. The Labute approximate surface area is 125 Å². The Morgan fingerprint density at radius 1 is 1.40 bits per heavy atom. The molecule has 0 spiro atoms. The molecule has 1 aliphatic heterocycles. The van der Waals surface area contributed by atoms with Crippen molar-refractivity contribution in [1.29, 1.82) is 0 Å². The molecule has 0 radical (unpaired) electrons. The van der Waals surface area contributed by atoms with Gasteiger partial charge in [-0.05, 0) is 18.2 Å². The van der Waals surface area contributed by atoms with E-state index in [4.69, 9.17) is 23.2 Å². The fourth-order valence-electron chi connectivity index (χ4n) is 2.22. The topological polar surface area (TPSA) is 62.4 Å². The van der Waals surface area contributed by atoms with Crippen LogP contribution in [0, 0.1) is 0 Å². The number of rotatable bonds is 2. The molecule has 0 fully saturated rings. The summed E-state index contributed by atoms with van der Waals surface area (Å²) in [4.78, 5) is 4.27. The second-order valence-electron chi connectivity index (χ2n) is 4.60. The Bertz CT molecular complexity index is 696. The molecule has 1 atom stereocenters. The summed E-state index contributed by atoms with van der Waals surface area (Å²) in [5, 5.41) is 15.3. The standard InChI is InChI=1S/C13H12Cl2N4O/c1-19-12(15)6-16-13(19)10-5-9(17-18-10)8-4-7(14)2-3-11(8)20/h2-4,6,10,18,20H,5H2,1H3/t10-/m0/s1. The maximum absolute atomic E-state index is 9.90. The number of phenols is 1.